The van der Waals surface area contributed by atoms with Gasteiger partial charge in [-0.2, -0.15) is 4.39 Å². The van der Waals surface area contributed by atoms with Crippen LogP contribution < -0.4 is 0 Å². The van der Waals surface area contributed by atoms with Crippen LogP contribution in [0.1, 0.15) is 0 Å². The van der Waals surface area contributed by atoms with Crippen LogP contribution in [0.4, 0.5) is 4.39 Å². The Bertz CT molecular complexity index is 989. The lowest BCUT2D eigenvalue weighted by atomic mass is 9.96. The van der Waals surface area contributed by atoms with Gasteiger partial charge in [-0.15, -0.1) is 0 Å². The Kier molecular flexibility index (Phi) is 5.69. The van der Waals surface area contributed by atoms with Crippen molar-refractivity contribution >= 4 is 69.6 Å². The number of hydrogen-bond donors (Lipinski definition) is 0. The first-order valence-electron chi connectivity index (χ1n) is 6.74. The Hall–Kier alpha value is -0.740. The van der Waals surface area contributed by atoms with Crippen molar-refractivity contribution in [1.29, 1.82) is 0 Å². The summed E-state index contributed by atoms with van der Waals surface area (Å²) in [6, 6.07) is 7.71. The molecule has 3 aromatic rings. The van der Waals surface area contributed by atoms with Crippen molar-refractivity contribution in [2.75, 3.05) is 0 Å². The van der Waals surface area contributed by atoms with E-state index in [2.05, 4.69) is 4.98 Å². The molecular formula is C17H6Cl6FN. The third kappa shape index (κ3) is 3.57. The summed E-state index contributed by atoms with van der Waals surface area (Å²) < 4.78 is 13.8. The summed E-state index contributed by atoms with van der Waals surface area (Å²) in [5, 5.41) is 1.37. The zero-order valence-electron chi connectivity index (χ0n) is 12.1. The number of aromatic nitrogens is 1. The molecule has 128 valence electrons. The van der Waals surface area contributed by atoms with Gasteiger partial charge in [-0.25, -0.2) is 4.98 Å². The molecule has 25 heavy (non-hydrogen) atoms. The third-order valence-electron chi connectivity index (χ3n) is 3.52. The van der Waals surface area contributed by atoms with Crippen LogP contribution in [0, 0.1) is 5.95 Å². The minimum absolute atomic E-state index is 0.171. The van der Waals surface area contributed by atoms with Gasteiger partial charge in [-0.05, 0) is 17.7 Å². The molecule has 0 atom stereocenters. The van der Waals surface area contributed by atoms with Crippen molar-refractivity contribution in [3.05, 3.63) is 72.6 Å². The second kappa shape index (κ2) is 7.48. The van der Waals surface area contributed by atoms with E-state index in [9.17, 15) is 4.39 Å². The molecule has 0 bridgehead atoms. The molecule has 0 aliphatic carbocycles. The van der Waals surface area contributed by atoms with E-state index in [4.69, 9.17) is 69.6 Å². The monoisotopic (exact) mass is 453 g/mol. The molecule has 0 fully saturated rings. The van der Waals surface area contributed by atoms with Gasteiger partial charge in [0.05, 0.1) is 30.1 Å². The summed E-state index contributed by atoms with van der Waals surface area (Å²) in [6.45, 7) is 0. The van der Waals surface area contributed by atoms with Gasteiger partial charge in [0, 0.05) is 29.0 Å². The van der Waals surface area contributed by atoms with E-state index >= 15 is 0 Å². The molecule has 0 unspecified atom stereocenters. The van der Waals surface area contributed by atoms with E-state index < -0.39 is 5.95 Å². The Balaban J connectivity index is 2.32. The Morgan fingerprint density at radius 3 is 1.60 bits per heavy atom. The van der Waals surface area contributed by atoms with E-state index in [1.54, 1.807) is 24.3 Å². The van der Waals surface area contributed by atoms with Gasteiger partial charge in [-0.1, -0.05) is 81.7 Å². The van der Waals surface area contributed by atoms with Crippen molar-refractivity contribution in [2.45, 2.75) is 0 Å². The number of hydrogen-bond acceptors (Lipinski definition) is 1. The van der Waals surface area contributed by atoms with Crippen molar-refractivity contribution < 1.29 is 4.39 Å². The predicted molar refractivity (Wildman–Crippen MR) is 105 cm³/mol. The van der Waals surface area contributed by atoms with Crippen LogP contribution in [0.5, 0.6) is 0 Å². The van der Waals surface area contributed by atoms with E-state index in [0.717, 1.165) is 0 Å². The van der Waals surface area contributed by atoms with Gasteiger partial charge < -0.3 is 0 Å². The van der Waals surface area contributed by atoms with Gasteiger partial charge in [0.1, 0.15) is 0 Å². The van der Waals surface area contributed by atoms with E-state index in [1.807, 2.05) is 0 Å². The minimum atomic E-state index is -0.683. The first-order valence-corrected chi connectivity index (χ1v) is 9.01. The molecule has 0 spiro atoms. The number of nitrogens with zero attached hydrogens (tertiary/aromatic N) is 1. The lowest BCUT2D eigenvalue weighted by molar-refractivity contribution is 0.584. The van der Waals surface area contributed by atoms with E-state index in [1.165, 1.54) is 12.3 Å². The molecule has 1 nitrogen and oxygen atoms in total. The molecular weight excluding hydrogens is 450 g/mol. The number of halogens is 7. The fourth-order valence-electron chi connectivity index (χ4n) is 2.34. The summed E-state index contributed by atoms with van der Waals surface area (Å²) >= 11 is 36.8. The topological polar surface area (TPSA) is 12.9 Å². The maximum atomic E-state index is 13.8. The molecule has 0 saturated carbocycles. The van der Waals surface area contributed by atoms with Crippen LogP contribution in [0.3, 0.4) is 0 Å². The summed E-state index contributed by atoms with van der Waals surface area (Å²) in [4.78, 5) is 3.70. The molecule has 2 aromatic carbocycles. The van der Waals surface area contributed by atoms with Crippen LogP contribution in [0.15, 0.2) is 36.5 Å². The molecule has 0 saturated heterocycles. The molecule has 0 aliphatic rings. The van der Waals surface area contributed by atoms with Crippen molar-refractivity contribution in [3.8, 4) is 22.3 Å². The molecule has 8 heteroatoms. The van der Waals surface area contributed by atoms with E-state index in [-0.39, 0.29) is 20.1 Å². The summed E-state index contributed by atoms with van der Waals surface area (Å²) in [6.07, 6.45) is 1.34. The largest absolute Gasteiger partial charge is 0.228 e. The van der Waals surface area contributed by atoms with Crippen molar-refractivity contribution in [2.24, 2.45) is 0 Å². The van der Waals surface area contributed by atoms with Crippen LogP contribution in [-0.2, 0) is 0 Å². The van der Waals surface area contributed by atoms with Crippen LogP contribution in [0.25, 0.3) is 22.3 Å². The lowest BCUT2D eigenvalue weighted by Crippen LogP contribution is -1.93. The predicted octanol–water partition coefficient (Wildman–Crippen LogP) is 8.48. The second-order valence-electron chi connectivity index (χ2n) is 5.00. The normalized spacial score (nSPS) is 11.0. The summed E-state index contributed by atoms with van der Waals surface area (Å²) in [7, 11) is 0. The molecule has 0 aliphatic heterocycles. The molecule has 0 amide bonds. The SMILES string of the molecule is Fc1cc(-c2ccc(Cl)c(Cl)c2Cl)c(-c2ccc(Cl)c(Cl)c2Cl)cn1. The van der Waals surface area contributed by atoms with Crippen LogP contribution in [-0.4, -0.2) is 4.98 Å². The highest BCUT2D eigenvalue weighted by Gasteiger charge is 2.19. The molecule has 3 rings (SSSR count). The fraction of sp³-hybridized carbons (Fsp3) is 0. The number of rotatable bonds is 2. The highest BCUT2D eigenvalue weighted by atomic mass is 35.5. The minimum Gasteiger partial charge on any atom is -0.228 e. The van der Waals surface area contributed by atoms with E-state index in [0.29, 0.717) is 32.3 Å². The van der Waals surface area contributed by atoms with Crippen LogP contribution >= 0.6 is 69.6 Å². The Labute approximate surface area is 173 Å². The summed E-state index contributed by atoms with van der Waals surface area (Å²) in [5.41, 5.74) is 1.97. The zero-order valence-corrected chi connectivity index (χ0v) is 16.6. The van der Waals surface area contributed by atoms with Crippen molar-refractivity contribution in [1.82, 2.24) is 4.98 Å². The van der Waals surface area contributed by atoms with Gasteiger partial charge in [-0.3, -0.25) is 0 Å². The Morgan fingerprint density at radius 2 is 1.08 bits per heavy atom. The smallest absolute Gasteiger partial charge is 0.213 e. The Morgan fingerprint density at radius 1 is 0.600 bits per heavy atom. The standard InChI is InChI=1S/C17H6Cl6FN/c18-11-3-1-7(14(20)16(11)22)9-5-13(24)25-6-10(9)8-2-4-12(19)17(23)15(8)21/h1-6H. The number of pyridine rings is 1. The molecule has 1 heterocycles. The van der Waals surface area contributed by atoms with Gasteiger partial charge in [0.15, 0.2) is 0 Å². The fourth-order valence-corrected chi connectivity index (χ4v) is 3.61. The third-order valence-corrected chi connectivity index (χ3v) is 6.11. The van der Waals surface area contributed by atoms with Crippen molar-refractivity contribution in [3.63, 3.8) is 0 Å². The molecule has 1 aromatic heterocycles. The molecule has 0 radical (unpaired) electrons. The average molecular weight is 456 g/mol. The summed E-state index contributed by atoms with van der Waals surface area (Å²) in [5.74, 6) is -0.683. The second-order valence-corrected chi connectivity index (χ2v) is 7.32. The quantitative estimate of drug-likeness (QED) is 0.279. The maximum Gasteiger partial charge on any atom is 0.213 e. The highest BCUT2D eigenvalue weighted by Crippen LogP contribution is 2.44. The van der Waals surface area contributed by atoms with Gasteiger partial charge in [0.25, 0.3) is 0 Å². The van der Waals surface area contributed by atoms with Gasteiger partial charge in [0.2, 0.25) is 5.95 Å². The first kappa shape index (κ1) is 19.0. The lowest BCUT2D eigenvalue weighted by Gasteiger charge is -2.14. The number of benzene rings is 2. The highest BCUT2D eigenvalue weighted by molar-refractivity contribution is 6.50. The first-order chi connectivity index (χ1) is 11.8. The van der Waals surface area contributed by atoms with Crippen LogP contribution in [0.2, 0.25) is 30.1 Å². The molecule has 0 N–H and O–H groups in total. The van der Waals surface area contributed by atoms with Gasteiger partial charge >= 0.3 is 0 Å². The maximum absolute atomic E-state index is 13.8. The average Bonchev–Trinajstić information content (AvgIpc) is 2.58. The zero-order chi connectivity index (χ0) is 18.3.